The molecule has 2 amide bonds. The van der Waals surface area contributed by atoms with Crippen molar-refractivity contribution in [1.82, 2.24) is 10.9 Å². The molecule has 2 heterocycles. The minimum atomic E-state index is -3.81. The second kappa shape index (κ2) is 7.64. The first-order valence-corrected chi connectivity index (χ1v) is 10.0. The lowest BCUT2D eigenvalue weighted by Gasteiger charge is -2.12. The molecule has 3 rings (SSSR count). The molecular weight excluding hydrogens is 390 g/mol. The molecule has 0 aliphatic carbocycles. The Kier molecular flexibility index (Phi) is 5.28. The number of furan rings is 1. The van der Waals surface area contributed by atoms with E-state index in [0.29, 0.717) is 5.76 Å². The van der Waals surface area contributed by atoms with Gasteiger partial charge in [-0.15, -0.1) is 11.3 Å². The number of rotatable bonds is 5. The molecule has 0 aliphatic rings. The molecule has 0 saturated carbocycles. The van der Waals surface area contributed by atoms with Crippen LogP contribution in [0.4, 0.5) is 5.69 Å². The van der Waals surface area contributed by atoms with E-state index >= 15 is 0 Å². The Morgan fingerprint density at radius 3 is 2.30 bits per heavy atom. The summed E-state index contributed by atoms with van der Waals surface area (Å²) in [6, 6.07) is 10.6. The highest BCUT2D eigenvalue weighted by Crippen LogP contribution is 2.22. The number of thiophene rings is 1. The van der Waals surface area contributed by atoms with Crippen molar-refractivity contribution in [1.29, 1.82) is 0 Å². The number of anilines is 1. The van der Waals surface area contributed by atoms with Crippen molar-refractivity contribution in [3.63, 3.8) is 0 Å². The normalized spacial score (nSPS) is 11.0. The molecule has 10 heteroatoms. The van der Waals surface area contributed by atoms with Crippen molar-refractivity contribution < 1.29 is 22.4 Å². The average Bonchev–Trinajstić information content (AvgIpc) is 3.31. The summed E-state index contributed by atoms with van der Waals surface area (Å²) in [6.45, 7) is 1.62. The SMILES string of the molecule is Cc1occc1C(=O)NNC(=O)c1ccccc1NS(=O)(=O)c1cccs1. The van der Waals surface area contributed by atoms with Gasteiger partial charge in [0.1, 0.15) is 9.97 Å². The van der Waals surface area contributed by atoms with E-state index in [1.807, 2.05) is 0 Å². The van der Waals surface area contributed by atoms with Gasteiger partial charge < -0.3 is 4.42 Å². The van der Waals surface area contributed by atoms with E-state index in [1.165, 1.54) is 30.5 Å². The van der Waals surface area contributed by atoms with Crippen molar-refractivity contribution in [3.05, 3.63) is 71.0 Å². The summed E-state index contributed by atoms with van der Waals surface area (Å²) < 4.78 is 32.3. The highest BCUT2D eigenvalue weighted by Gasteiger charge is 2.20. The maximum Gasteiger partial charge on any atom is 0.273 e. The minimum absolute atomic E-state index is 0.0573. The fourth-order valence-corrected chi connectivity index (χ4v) is 4.32. The Morgan fingerprint density at radius 2 is 1.67 bits per heavy atom. The van der Waals surface area contributed by atoms with Gasteiger partial charge in [0.05, 0.1) is 23.1 Å². The van der Waals surface area contributed by atoms with Crippen LogP contribution in [0.25, 0.3) is 0 Å². The zero-order chi connectivity index (χ0) is 19.4. The summed E-state index contributed by atoms with van der Waals surface area (Å²) in [6.07, 6.45) is 1.36. The van der Waals surface area contributed by atoms with Gasteiger partial charge in [-0.2, -0.15) is 0 Å². The quantitative estimate of drug-likeness (QED) is 0.564. The molecule has 27 heavy (non-hydrogen) atoms. The van der Waals surface area contributed by atoms with Crippen LogP contribution in [0, 0.1) is 6.92 Å². The second-order valence-corrected chi connectivity index (χ2v) is 8.24. The predicted octanol–water partition coefficient (Wildman–Crippen LogP) is 2.53. The number of hydrogen-bond acceptors (Lipinski definition) is 6. The molecule has 1 aromatic carbocycles. The highest BCUT2D eigenvalue weighted by molar-refractivity contribution is 7.94. The molecule has 8 nitrogen and oxygen atoms in total. The summed E-state index contributed by atoms with van der Waals surface area (Å²) >= 11 is 1.06. The van der Waals surface area contributed by atoms with Crippen LogP contribution < -0.4 is 15.6 Å². The van der Waals surface area contributed by atoms with E-state index in [4.69, 9.17) is 4.42 Å². The number of benzene rings is 1. The Bertz CT molecular complexity index is 1070. The molecule has 0 spiro atoms. The third kappa shape index (κ3) is 4.18. The van der Waals surface area contributed by atoms with E-state index in [0.717, 1.165) is 11.3 Å². The van der Waals surface area contributed by atoms with Crippen LogP contribution in [-0.4, -0.2) is 20.2 Å². The number of hydrogen-bond donors (Lipinski definition) is 3. The van der Waals surface area contributed by atoms with Crippen LogP contribution in [0.1, 0.15) is 26.5 Å². The average molecular weight is 405 g/mol. The van der Waals surface area contributed by atoms with Crippen LogP contribution >= 0.6 is 11.3 Å². The van der Waals surface area contributed by atoms with Crippen LogP contribution in [0.3, 0.4) is 0 Å². The van der Waals surface area contributed by atoms with E-state index in [9.17, 15) is 18.0 Å². The third-order valence-electron chi connectivity index (χ3n) is 3.57. The summed E-state index contributed by atoms with van der Waals surface area (Å²) in [7, 11) is -3.81. The molecule has 0 radical (unpaired) electrons. The number of para-hydroxylation sites is 1. The van der Waals surface area contributed by atoms with Crippen LogP contribution in [0.5, 0.6) is 0 Å². The monoisotopic (exact) mass is 405 g/mol. The van der Waals surface area contributed by atoms with Gasteiger partial charge in [0, 0.05) is 0 Å². The Hall–Kier alpha value is -3.11. The zero-order valence-corrected chi connectivity index (χ0v) is 15.7. The zero-order valence-electron chi connectivity index (χ0n) is 14.1. The smallest absolute Gasteiger partial charge is 0.273 e. The van der Waals surface area contributed by atoms with Crippen LogP contribution in [0.15, 0.2) is 62.7 Å². The number of amides is 2. The van der Waals surface area contributed by atoms with Crippen molar-refractivity contribution >= 4 is 38.9 Å². The third-order valence-corrected chi connectivity index (χ3v) is 6.33. The van der Waals surface area contributed by atoms with Crippen molar-refractivity contribution in [2.75, 3.05) is 4.72 Å². The summed E-state index contributed by atoms with van der Waals surface area (Å²) in [5.41, 5.74) is 4.96. The van der Waals surface area contributed by atoms with Crippen molar-refractivity contribution in [2.45, 2.75) is 11.1 Å². The first kappa shape index (κ1) is 18.7. The number of carbonyl (C=O) groups excluding carboxylic acids is 2. The van der Waals surface area contributed by atoms with Gasteiger partial charge in [-0.25, -0.2) is 8.42 Å². The molecule has 3 N–H and O–H groups in total. The maximum atomic E-state index is 12.4. The van der Waals surface area contributed by atoms with Crippen LogP contribution in [-0.2, 0) is 10.0 Å². The number of nitrogens with one attached hydrogen (secondary N) is 3. The molecule has 0 saturated heterocycles. The summed E-state index contributed by atoms with van der Waals surface area (Å²) in [5.74, 6) is -0.814. The molecule has 0 unspecified atom stereocenters. The highest BCUT2D eigenvalue weighted by atomic mass is 32.2. The fourth-order valence-electron chi connectivity index (χ4n) is 2.25. The first-order chi connectivity index (χ1) is 12.9. The molecule has 0 atom stereocenters. The minimum Gasteiger partial charge on any atom is -0.469 e. The molecule has 0 aliphatic heterocycles. The Labute approximate surface area is 159 Å². The van der Waals surface area contributed by atoms with Gasteiger partial charge in [-0.1, -0.05) is 18.2 Å². The number of aryl methyl sites for hydroxylation is 1. The number of sulfonamides is 1. The van der Waals surface area contributed by atoms with Gasteiger partial charge in [0.25, 0.3) is 21.8 Å². The van der Waals surface area contributed by atoms with Crippen molar-refractivity contribution in [3.8, 4) is 0 Å². The molecule has 3 aromatic rings. The maximum absolute atomic E-state index is 12.4. The lowest BCUT2D eigenvalue weighted by Crippen LogP contribution is -2.42. The largest absolute Gasteiger partial charge is 0.469 e. The lowest BCUT2D eigenvalue weighted by molar-refractivity contribution is 0.0846. The molecule has 0 bridgehead atoms. The topological polar surface area (TPSA) is 118 Å². The van der Waals surface area contributed by atoms with Gasteiger partial charge >= 0.3 is 0 Å². The van der Waals surface area contributed by atoms with E-state index in [2.05, 4.69) is 15.6 Å². The van der Waals surface area contributed by atoms with E-state index in [-0.39, 0.29) is 21.0 Å². The lowest BCUT2D eigenvalue weighted by atomic mass is 10.2. The standard InChI is InChI=1S/C17H15N3O5S2/c1-11-12(8-9-25-11)16(21)18-19-17(22)13-5-2-3-6-14(13)20-27(23,24)15-7-4-10-26-15/h2-10,20H,1H3,(H,18,21)(H,19,22). The number of hydrazine groups is 1. The molecule has 0 fully saturated rings. The molecule has 140 valence electrons. The van der Waals surface area contributed by atoms with E-state index < -0.39 is 21.8 Å². The van der Waals surface area contributed by atoms with Crippen LogP contribution in [0.2, 0.25) is 0 Å². The van der Waals surface area contributed by atoms with Gasteiger partial charge in [0.2, 0.25) is 0 Å². The fraction of sp³-hybridized carbons (Fsp3) is 0.0588. The first-order valence-electron chi connectivity index (χ1n) is 7.68. The Balaban J connectivity index is 1.74. The molecule has 2 aromatic heterocycles. The van der Waals surface area contributed by atoms with Crippen molar-refractivity contribution in [2.24, 2.45) is 0 Å². The predicted molar refractivity (Wildman–Crippen MR) is 99.9 cm³/mol. The van der Waals surface area contributed by atoms with Gasteiger partial charge in [-0.3, -0.25) is 25.2 Å². The molecular formula is C17H15N3O5S2. The Morgan fingerprint density at radius 1 is 0.963 bits per heavy atom. The van der Waals surface area contributed by atoms with Gasteiger partial charge in [-0.05, 0) is 36.6 Å². The second-order valence-electron chi connectivity index (χ2n) is 5.38. The summed E-state index contributed by atoms with van der Waals surface area (Å²) in [5, 5.41) is 1.64. The summed E-state index contributed by atoms with van der Waals surface area (Å²) in [4.78, 5) is 24.5. The number of carbonyl (C=O) groups is 2. The van der Waals surface area contributed by atoms with Gasteiger partial charge in [0.15, 0.2) is 0 Å². The van der Waals surface area contributed by atoms with E-state index in [1.54, 1.807) is 30.5 Å².